The molecule has 1 heterocycles. The molecule has 0 radical (unpaired) electrons. The predicted molar refractivity (Wildman–Crippen MR) is 105 cm³/mol. The highest BCUT2D eigenvalue weighted by molar-refractivity contribution is 7.91. The average molecular weight is 403 g/mol. The molecule has 1 aromatic carbocycles. The van der Waals surface area contributed by atoms with E-state index in [-0.39, 0.29) is 15.8 Å². The molecule has 0 amide bonds. The van der Waals surface area contributed by atoms with Crippen molar-refractivity contribution >= 4 is 25.4 Å². The normalized spacial score (nSPS) is 23.6. The molecule has 1 N–H and O–H groups in total. The van der Waals surface area contributed by atoms with Crippen molar-refractivity contribution in [3.05, 3.63) is 18.2 Å². The largest absolute Gasteiger partial charge is 0.380 e. The molecule has 3 unspecified atom stereocenters. The van der Waals surface area contributed by atoms with Crippen molar-refractivity contribution in [1.29, 1.82) is 0 Å². The highest BCUT2D eigenvalue weighted by atomic mass is 32.2. The first-order valence-electron chi connectivity index (χ1n) is 8.89. The van der Waals surface area contributed by atoms with Gasteiger partial charge in [-0.15, -0.1) is 0 Å². The average Bonchev–Trinajstić information content (AvgIpc) is 2.43. The molecule has 3 atom stereocenters. The van der Waals surface area contributed by atoms with E-state index in [0.717, 1.165) is 32.1 Å². The van der Waals surface area contributed by atoms with E-state index in [1.807, 2.05) is 6.92 Å². The topological polar surface area (TPSA) is 83.6 Å². The Morgan fingerprint density at radius 1 is 1.08 bits per heavy atom. The zero-order valence-electron chi connectivity index (χ0n) is 16.2. The van der Waals surface area contributed by atoms with Gasteiger partial charge in [0.2, 0.25) is 0 Å². The molecule has 26 heavy (non-hydrogen) atoms. The number of hydrogen-bond donors (Lipinski definition) is 1. The molecule has 0 aliphatic carbocycles. The third-order valence-corrected chi connectivity index (χ3v) is 6.91. The molecule has 1 saturated heterocycles. The number of sulfone groups is 2. The number of nitrogens with one attached hydrogen (secondary N) is 1. The van der Waals surface area contributed by atoms with E-state index in [1.54, 1.807) is 6.07 Å². The summed E-state index contributed by atoms with van der Waals surface area (Å²) in [5, 5.41) is 3.26. The first kappa shape index (κ1) is 21.2. The zero-order valence-corrected chi connectivity index (χ0v) is 17.8. The van der Waals surface area contributed by atoms with Crippen LogP contribution in [0.1, 0.15) is 27.2 Å². The van der Waals surface area contributed by atoms with E-state index in [0.29, 0.717) is 17.5 Å². The zero-order chi connectivity index (χ0) is 19.7. The number of piperidine rings is 1. The minimum absolute atomic E-state index is 0.00908. The third kappa shape index (κ3) is 5.69. The van der Waals surface area contributed by atoms with Gasteiger partial charge in [-0.3, -0.25) is 0 Å². The number of likely N-dealkylation sites (tertiary alicyclic amines) is 1. The summed E-state index contributed by atoms with van der Waals surface area (Å²) in [4.78, 5) is 2.43. The van der Waals surface area contributed by atoms with Gasteiger partial charge in [-0.05, 0) is 43.4 Å². The van der Waals surface area contributed by atoms with E-state index in [9.17, 15) is 16.8 Å². The SMILES string of the molecule is CC1CC(C)CN(CC(C)Nc2ccc(S(C)(=O)=O)cc2S(C)(=O)=O)C1. The lowest BCUT2D eigenvalue weighted by atomic mass is 9.92. The van der Waals surface area contributed by atoms with Crippen LogP contribution in [-0.4, -0.2) is 59.9 Å². The highest BCUT2D eigenvalue weighted by Crippen LogP contribution is 2.26. The van der Waals surface area contributed by atoms with Gasteiger partial charge in [0, 0.05) is 38.2 Å². The summed E-state index contributed by atoms with van der Waals surface area (Å²) in [5.41, 5.74) is 0.450. The quantitative estimate of drug-likeness (QED) is 0.786. The number of rotatable bonds is 6. The molecule has 1 aliphatic rings. The predicted octanol–water partition coefficient (Wildman–Crippen LogP) is 2.27. The molecule has 0 aromatic heterocycles. The lowest BCUT2D eigenvalue weighted by Gasteiger charge is -2.36. The van der Waals surface area contributed by atoms with Crippen LogP contribution in [-0.2, 0) is 19.7 Å². The number of benzene rings is 1. The van der Waals surface area contributed by atoms with E-state index >= 15 is 0 Å². The van der Waals surface area contributed by atoms with Crippen LogP contribution in [0.25, 0.3) is 0 Å². The van der Waals surface area contributed by atoms with E-state index in [2.05, 4.69) is 24.1 Å². The molecular weight excluding hydrogens is 372 g/mol. The second kappa shape index (κ2) is 7.86. The first-order valence-corrected chi connectivity index (χ1v) is 12.7. The van der Waals surface area contributed by atoms with Gasteiger partial charge in [-0.2, -0.15) is 0 Å². The molecule has 0 spiro atoms. The standard InChI is InChI=1S/C18H30N2O4S2/c1-13-8-14(2)11-20(10-13)12-15(3)19-17-7-6-16(25(4,21)22)9-18(17)26(5,23)24/h6-7,9,13-15,19H,8,10-12H2,1-5H3. The van der Waals surface area contributed by atoms with E-state index in [4.69, 9.17) is 0 Å². The lowest BCUT2D eigenvalue weighted by molar-refractivity contribution is 0.138. The van der Waals surface area contributed by atoms with Crippen LogP contribution in [0.3, 0.4) is 0 Å². The van der Waals surface area contributed by atoms with Gasteiger partial charge < -0.3 is 10.2 Å². The Labute approximate surface area is 157 Å². The Morgan fingerprint density at radius 2 is 1.65 bits per heavy atom. The van der Waals surface area contributed by atoms with Gasteiger partial charge in [0.25, 0.3) is 0 Å². The maximum atomic E-state index is 12.1. The molecule has 1 fully saturated rings. The first-order chi connectivity index (χ1) is 11.9. The van der Waals surface area contributed by atoms with Gasteiger partial charge in [-0.1, -0.05) is 13.8 Å². The van der Waals surface area contributed by atoms with E-state index < -0.39 is 19.7 Å². The smallest absolute Gasteiger partial charge is 0.177 e. The monoisotopic (exact) mass is 402 g/mol. The Kier molecular flexibility index (Phi) is 6.40. The van der Waals surface area contributed by atoms with Gasteiger partial charge in [-0.25, -0.2) is 16.8 Å². The molecule has 148 valence electrons. The fraction of sp³-hybridized carbons (Fsp3) is 0.667. The maximum Gasteiger partial charge on any atom is 0.177 e. The lowest BCUT2D eigenvalue weighted by Crippen LogP contribution is -2.43. The molecular formula is C18H30N2O4S2. The third-order valence-electron chi connectivity index (χ3n) is 4.66. The summed E-state index contributed by atoms with van der Waals surface area (Å²) in [6.45, 7) is 9.43. The van der Waals surface area contributed by atoms with Crippen LogP contribution in [0, 0.1) is 11.8 Å². The summed E-state index contributed by atoms with van der Waals surface area (Å²) in [7, 11) is -7.02. The molecule has 1 aromatic rings. The van der Waals surface area contributed by atoms with Crippen molar-refractivity contribution in [1.82, 2.24) is 4.90 Å². The Bertz CT molecular complexity index is 840. The molecule has 8 heteroatoms. The van der Waals surface area contributed by atoms with Crippen molar-refractivity contribution in [3.8, 4) is 0 Å². The molecule has 1 aliphatic heterocycles. The van der Waals surface area contributed by atoms with Crippen LogP contribution in [0.2, 0.25) is 0 Å². The number of hydrogen-bond acceptors (Lipinski definition) is 6. The summed E-state index contributed by atoms with van der Waals surface area (Å²) in [6.07, 6.45) is 3.41. The summed E-state index contributed by atoms with van der Waals surface area (Å²) in [6, 6.07) is 4.27. The van der Waals surface area contributed by atoms with Crippen molar-refractivity contribution in [3.63, 3.8) is 0 Å². The summed E-state index contributed by atoms with van der Waals surface area (Å²) >= 11 is 0. The minimum Gasteiger partial charge on any atom is -0.380 e. The minimum atomic E-state index is -3.55. The van der Waals surface area contributed by atoms with Crippen LogP contribution in [0.15, 0.2) is 28.0 Å². The highest BCUT2D eigenvalue weighted by Gasteiger charge is 2.24. The second-order valence-electron chi connectivity index (χ2n) is 7.91. The van der Waals surface area contributed by atoms with Crippen molar-refractivity contribution in [2.75, 3.05) is 37.5 Å². The number of nitrogens with zero attached hydrogens (tertiary/aromatic N) is 1. The van der Waals surface area contributed by atoms with Gasteiger partial charge in [0.05, 0.1) is 15.5 Å². The summed E-state index contributed by atoms with van der Waals surface area (Å²) in [5.74, 6) is 1.32. The Balaban J connectivity index is 2.20. The molecule has 2 rings (SSSR count). The van der Waals surface area contributed by atoms with Gasteiger partial charge in [0.1, 0.15) is 0 Å². The van der Waals surface area contributed by atoms with Gasteiger partial charge >= 0.3 is 0 Å². The fourth-order valence-electron chi connectivity index (χ4n) is 3.80. The molecule has 0 saturated carbocycles. The van der Waals surface area contributed by atoms with E-state index in [1.165, 1.54) is 18.6 Å². The second-order valence-corrected chi connectivity index (χ2v) is 11.9. The van der Waals surface area contributed by atoms with Crippen molar-refractivity contribution in [2.45, 2.75) is 43.0 Å². The Morgan fingerprint density at radius 3 is 2.15 bits per heavy atom. The number of anilines is 1. The Hall–Kier alpha value is -1.12. The van der Waals surface area contributed by atoms with Crippen molar-refractivity contribution in [2.24, 2.45) is 11.8 Å². The van der Waals surface area contributed by atoms with Crippen LogP contribution in [0.5, 0.6) is 0 Å². The van der Waals surface area contributed by atoms with Crippen molar-refractivity contribution < 1.29 is 16.8 Å². The summed E-state index contributed by atoms with van der Waals surface area (Å²) < 4.78 is 47.8. The van der Waals surface area contributed by atoms with Gasteiger partial charge in [0.15, 0.2) is 19.7 Å². The van der Waals surface area contributed by atoms with Crippen LogP contribution in [0.4, 0.5) is 5.69 Å². The van der Waals surface area contributed by atoms with Crippen LogP contribution >= 0.6 is 0 Å². The maximum absolute atomic E-state index is 12.1. The fourth-order valence-corrected chi connectivity index (χ4v) is 5.39. The molecule has 0 bridgehead atoms. The molecule has 6 nitrogen and oxygen atoms in total. The van der Waals surface area contributed by atoms with Crippen LogP contribution < -0.4 is 5.32 Å².